The maximum atomic E-state index is 2.91. The van der Waals surface area contributed by atoms with Crippen molar-refractivity contribution in [1.82, 2.24) is 0 Å². The summed E-state index contributed by atoms with van der Waals surface area (Å²) in [6.45, 7) is 19.4. The molecule has 1 aliphatic heterocycles. The van der Waals surface area contributed by atoms with Gasteiger partial charge >= 0.3 is 0 Å². The number of allylic oxidation sites excluding steroid dienone is 2. The summed E-state index contributed by atoms with van der Waals surface area (Å²) in [5.74, 6) is 0. The molecule has 368 valence electrons. The number of benzene rings is 2. The van der Waals surface area contributed by atoms with Crippen LogP contribution >= 0.6 is 34.0 Å². The van der Waals surface area contributed by atoms with E-state index in [0.717, 1.165) is 12.8 Å². The van der Waals surface area contributed by atoms with E-state index in [2.05, 4.69) is 150 Å². The Morgan fingerprint density at radius 3 is 1.43 bits per heavy atom. The molecule has 0 unspecified atom stereocenters. The van der Waals surface area contributed by atoms with Crippen LogP contribution in [0.15, 0.2) is 66.2 Å². The number of rotatable bonds is 30. The van der Waals surface area contributed by atoms with E-state index in [4.69, 9.17) is 0 Å². The summed E-state index contributed by atoms with van der Waals surface area (Å²) in [5.41, 5.74) is 10.1. The van der Waals surface area contributed by atoms with Gasteiger partial charge in [0.05, 0.1) is 0 Å². The van der Waals surface area contributed by atoms with Crippen LogP contribution in [0.25, 0.3) is 41.4 Å². The molecule has 3 aromatic heterocycles. The molecular formula is C64H90S3Si. The first kappa shape index (κ1) is 51.8. The fourth-order valence-electron chi connectivity index (χ4n) is 13.7. The van der Waals surface area contributed by atoms with E-state index in [1.54, 1.807) is 63.7 Å². The highest BCUT2D eigenvalue weighted by Crippen LogP contribution is 2.65. The van der Waals surface area contributed by atoms with Crippen molar-refractivity contribution < 1.29 is 0 Å². The monoisotopic (exact) mass is 983 g/mol. The van der Waals surface area contributed by atoms with Gasteiger partial charge < -0.3 is 0 Å². The third-order valence-corrected chi connectivity index (χ3v) is 26.9. The molecule has 2 aliphatic carbocycles. The number of fused-ring (bicyclic) bond motifs is 8. The first-order valence-corrected chi connectivity index (χ1v) is 33.6. The van der Waals surface area contributed by atoms with Crippen LogP contribution in [0, 0.1) is 0 Å². The molecule has 0 radical (unpaired) electrons. The Morgan fingerprint density at radius 1 is 0.412 bits per heavy atom. The molecule has 0 atom stereocenters. The molecular weight excluding hydrogens is 893 g/mol. The van der Waals surface area contributed by atoms with E-state index in [1.807, 2.05) is 10.4 Å². The van der Waals surface area contributed by atoms with Crippen molar-refractivity contribution in [1.29, 1.82) is 0 Å². The summed E-state index contributed by atoms with van der Waals surface area (Å²) < 4.78 is 0. The first-order valence-electron chi connectivity index (χ1n) is 28.8. The minimum Gasteiger partial charge on any atom is -0.141 e. The first-order chi connectivity index (χ1) is 33.3. The zero-order chi connectivity index (χ0) is 47.7. The molecule has 4 heterocycles. The molecule has 2 aromatic carbocycles. The second kappa shape index (κ2) is 23.8. The molecule has 4 heteroatoms. The summed E-state index contributed by atoms with van der Waals surface area (Å²) in [6, 6.07) is 26.2. The fraction of sp³-hybridized carbons (Fsp3) is 0.594. The Labute approximate surface area is 429 Å². The summed E-state index contributed by atoms with van der Waals surface area (Å²) in [6.07, 6.45) is 37.3. The molecule has 3 aliphatic rings. The molecule has 0 nitrogen and oxygen atoms in total. The van der Waals surface area contributed by atoms with Crippen LogP contribution in [0.2, 0.25) is 12.1 Å². The van der Waals surface area contributed by atoms with E-state index < -0.39 is 8.07 Å². The Bertz CT molecular complexity index is 2470. The standard InChI is InChI=1S/C64H90S3Si/c1-9-17-21-25-27-31-43-68(44-32-28-26-22-18-10-2)58(56-42-36-48(66-56)34-30-24-20-12-4)46-54-62(68)60-50-38-39-51-59(49(50)37-40-52(60)64(54,15-7)16-8)61-53(63(51,13-5)14-6)45-57(67-61)55-41-35-47(65-55)33-29-23-19-11-3/h35-42,45-46H,9-34,43-44H2,1-8H3. The zero-order valence-electron chi connectivity index (χ0n) is 44.3. The Kier molecular flexibility index (Phi) is 18.2. The summed E-state index contributed by atoms with van der Waals surface area (Å²) >= 11 is 6.37. The normalized spacial score (nSPS) is 16.2. The molecule has 5 aromatic rings. The van der Waals surface area contributed by atoms with Crippen molar-refractivity contribution in [2.45, 2.75) is 245 Å². The van der Waals surface area contributed by atoms with Gasteiger partial charge in [0.2, 0.25) is 0 Å². The van der Waals surface area contributed by atoms with Crippen molar-refractivity contribution in [2.75, 3.05) is 0 Å². The highest BCUT2D eigenvalue weighted by Gasteiger charge is 2.55. The molecule has 0 saturated heterocycles. The van der Waals surface area contributed by atoms with Crippen molar-refractivity contribution in [3.05, 3.63) is 103 Å². The smallest absolute Gasteiger partial charge is 0.121 e. The van der Waals surface area contributed by atoms with E-state index in [-0.39, 0.29) is 10.8 Å². The third kappa shape index (κ3) is 9.75. The number of hydrogen-bond acceptors (Lipinski definition) is 3. The van der Waals surface area contributed by atoms with Crippen LogP contribution in [0.1, 0.15) is 246 Å². The van der Waals surface area contributed by atoms with Gasteiger partial charge in [0, 0.05) is 45.7 Å². The van der Waals surface area contributed by atoms with E-state index >= 15 is 0 Å². The van der Waals surface area contributed by atoms with Gasteiger partial charge in [-0.2, -0.15) is 0 Å². The van der Waals surface area contributed by atoms with E-state index in [1.165, 1.54) is 176 Å². The van der Waals surface area contributed by atoms with Gasteiger partial charge in [-0.3, -0.25) is 0 Å². The lowest BCUT2D eigenvalue weighted by Gasteiger charge is -2.35. The van der Waals surface area contributed by atoms with Crippen molar-refractivity contribution in [3.63, 3.8) is 0 Å². The number of hydrogen-bond donors (Lipinski definition) is 0. The van der Waals surface area contributed by atoms with Crippen molar-refractivity contribution in [3.8, 4) is 20.2 Å². The van der Waals surface area contributed by atoms with Crippen LogP contribution in [0.5, 0.6) is 0 Å². The molecule has 0 saturated carbocycles. The average molecular weight is 984 g/mol. The van der Waals surface area contributed by atoms with Crippen LogP contribution in [-0.4, -0.2) is 8.07 Å². The van der Waals surface area contributed by atoms with Crippen LogP contribution in [0.3, 0.4) is 0 Å². The Balaban J connectivity index is 1.28. The van der Waals surface area contributed by atoms with Gasteiger partial charge in [-0.25, -0.2) is 0 Å². The van der Waals surface area contributed by atoms with Crippen LogP contribution in [-0.2, 0) is 23.7 Å². The lowest BCUT2D eigenvalue weighted by molar-refractivity contribution is 0.487. The highest BCUT2D eigenvalue weighted by atomic mass is 32.1. The average Bonchev–Trinajstić information content (AvgIpc) is 4.23. The van der Waals surface area contributed by atoms with Crippen LogP contribution < -0.4 is 0 Å². The predicted molar refractivity (Wildman–Crippen MR) is 311 cm³/mol. The molecule has 0 N–H and O–H groups in total. The van der Waals surface area contributed by atoms with Gasteiger partial charge in [-0.1, -0.05) is 201 Å². The van der Waals surface area contributed by atoms with Gasteiger partial charge in [-0.15, -0.1) is 34.0 Å². The van der Waals surface area contributed by atoms with Gasteiger partial charge in [0.1, 0.15) is 8.07 Å². The topological polar surface area (TPSA) is 0 Å². The second-order valence-electron chi connectivity index (χ2n) is 21.6. The number of thiophene rings is 3. The predicted octanol–water partition coefficient (Wildman–Crippen LogP) is 22.2. The molecule has 0 spiro atoms. The fourth-order valence-corrected chi connectivity index (χ4v) is 23.7. The SMILES string of the molecule is CCCCCCCC[Si]1(CCCCCCCC)C(c2ccc(CCCCCC)s2)=CC2=C1c1c(ccc3c4c(ccc13)C(CC)(CC)c1cc(-c3ccc(CCCCCC)s3)sc1-4)C2(CC)CC. The lowest BCUT2D eigenvalue weighted by Crippen LogP contribution is -2.36. The summed E-state index contributed by atoms with van der Waals surface area (Å²) in [5, 5.41) is 6.86. The van der Waals surface area contributed by atoms with Gasteiger partial charge in [0.25, 0.3) is 0 Å². The second-order valence-corrected chi connectivity index (χ2v) is 29.2. The van der Waals surface area contributed by atoms with E-state index in [0.29, 0.717) is 0 Å². The van der Waals surface area contributed by atoms with Gasteiger partial charge in [0.15, 0.2) is 0 Å². The van der Waals surface area contributed by atoms with Crippen molar-refractivity contribution >= 4 is 63.2 Å². The van der Waals surface area contributed by atoms with Crippen molar-refractivity contribution in [2.24, 2.45) is 0 Å². The quantitative estimate of drug-likeness (QED) is 0.0318. The third-order valence-electron chi connectivity index (χ3n) is 17.7. The molecule has 8 rings (SSSR count). The Hall–Kier alpha value is -2.50. The zero-order valence-corrected chi connectivity index (χ0v) is 47.7. The maximum Gasteiger partial charge on any atom is 0.121 e. The van der Waals surface area contributed by atoms with E-state index in [9.17, 15) is 0 Å². The number of unbranched alkanes of at least 4 members (excludes halogenated alkanes) is 16. The minimum absolute atomic E-state index is 0.0669. The maximum absolute atomic E-state index is 2.91. The van der Waals surface area contributed by atoms with Crippen LogP contribution in [0.4, 0.5) is 0 Å². The summed E-state index contributed by atoms with van der Waals surface area (Å²) in [4.78, 5) is 9.37. The molecule has 0 bridgehead atoms. The summed E-state index contributed by atoms with van der Waals surface area (Å²) in [7, 11) is -2.23. The highest BCUT2D eigenvalue weighted by molar-refractivity contribution is 7.24. The largest absolute Gasteiger partial charge is 0.141 e. The van der Waals surface area contributed by atoms with Gasteiger partial charge in [-0.05, 0) is 143 Å². The molecule has 0 amide bonds. The molecule has 68 heavy (non-hydrogen) atoms. The Morgan fingerprint density at radius 2 is 0.882 bits per heavy atom. The molecule has 0 fully saturated rings. The lowest BCUT2D eigenvalue weighted by atomic mass is 9.72. The minimum atomic E-state index is -2.23. The number of aryl methyl sites for hydroxylation is 2.